The Kier molecular flexibility index (Phi) is 3.24. The standard InChI is InChI=1S/C15H26N2O2/c1-15(2,3)19-14(18)16-6-4-13(5-7-16)17-9-11-8-12(11)10-17/h11-13H,4-10H2,1-3H3. The molecular weight excluding hydrogens is 240 g/mol. The van der Waals surface area contributed by atoms with E-state index in [-0.39, 0.29) is 11.7 Å². The molecule has 4 nitrogen and oxygen atoms in total. The summed E-state index contributed by atoms with van der Waals surface area (Å²) in [6.07, 6.45) is 3.54. The maximum absolute atomic E-state index is 12.0. The Morgan fingerprint density at radius 2 is 1.68 bits per heavy atom. The van der Waals surface area contributed by atoms with Crippen LogP contribution in [0.5, 0.6) is 0 Å². The summed E-state index contributed by atoms with van der Waals surface area (Å²) < 4.78 is 5.44. The van der Waals surface area contributed by atoms with Crippen molar-refractivity contribution in [2.75, 3.05) is 26.2 Å². The molecule has 4 heteroatoms. The lowest BCUT2D eigenvalue weighted by molar-refractivity contribution is 0.0150. The molecule has 1 saturated carbocycles. The van der Waals surface area contributed by atoms with E-state index >= 15 is 0 Å². The maximum Gasteiger partial charge on any atom is 0.410 e. The summed E-state index contributed by atoms with van der Waals surface area (Å²) in [5, 5.41) is 0. The van der Waals surface area contributed by atoms with E-state index in [1.165, 1.54) is 19.5 Å². The molecule has 0 bridgehead atoms. The van der Waals surface area contributed by atoms with E-state index in [4.69, 9.17) is 4.74 Å². The molecule has 0 aromatic heterocycles. The lowest BCUT2D eigenvalue weighted by Gasteiger charge is -2.37. The molecule has 3 aliphatic rings. The van der Waals surface area contributed by atoms with Crippen LogP contribution in [0.2, 0.25) is 0 Å². The average Bonchev–Trinajstić information content (AvgIpc) is 2.94. The average molecular weight is 266 g/mol. The third-order valence-corrected chi connectivity index (χ3v) is 4.64. The Morgan fingerprint density at radius 1 is 1.11 bits per heavy atom. The number of rotatable bonds is 1. The Bertz CT molecular complexity index is 346. The van der Waals surface area contributed by atoms with Crippen molar-refractivity contribution < 1.29 is 9.53 Å². The highest BCUT2D eigenvalue weighted by Crippen LogP contribution is 2.46. The second kappa shape index (κ2) is 4.65. The Hall–Kier alpha value is -0.770. The zero-order valence-corrected chi connectivity index (χ0v) is 12.4. The van der Waals surface area contributed by atoms with Gasteiger partial charge in [0.2, 0.25) is 0 Å². The molecule has 2 heterocycles. The Balaban J connectivity index is 1.45. The molecule has 3 rings (SSSR count). The van der Waals surface area contributed by atoms with E-state index in [0.29, 0.717) is 6.04 Å². The molecule has 2 unspecified atom stereocenters. The van der Waals surface area contributed by atoms with Gasteiger partial charge < -0.3 is 9.64 Å². The number of hydrogen-bond donors (Lipinski definition) is 0. The lowest BCUT2D eigenvalue weighted by atomic mass is 10.0. The maximum atomic E-state index is 12.0. The van der Waals surface area contributed by atoms with E-state index < -0.39 is 0 Å². The van der Waals surface area contributed by atoms with Crippen LogP contribution in [0.25, 0.3) is 0 Å². The number of ether oxygens (including phenoxy) is 1. The summed E-state index contributed by atoms with van der Waals surface area (Å²) in [4.78, 5) is 16.5. The van der Waals surface area contributed by atoms with Crippen LogP contribution in [-0.4, -0.2) is 53.7 Å². The van der Waals surface area contributed by atoms with Gasteiger partial charge in [0.05, 0.1) is 0 Å². The number of nitrogens with zero attached hydrogens (tertiary/aromatic N) is 2. The summed E-state index contributed by atoms with van der Waals surface area (Å²) in [5.74, 6) is 2.01. The first kappa shape index (κ1) is 13.2. The SMILES string of the molecule is CC(C)(C)OC(=O)N1CCC(N2CC3CC3C2)CC1. The number of likely N-dealkylation sites (tertiary alicyclic amines) is 2. The minimum atomic E-state index is -0.385. The normalized spacial score (nSPS) is 32.3. The minimum absolute atomic E-state index is 0.143. The fourth-order valence-corrected chi connectivity index (χ4v) is 3.47. The molecule has 0 radical (unpaired) electrons. The quantitative estimate of drug-likeness (QED) is 0.730. The molecule has 2 saturated heterocycles. The van der Waals surface area contributed by atoms with Crippen LogP contribution in [0.4, 0.5) is 4.79 Å². The topological polar surface area (TPSA) is 32.8 Å². The van der Waals surface area contributed by atoms with Gasteiger partial charge >= 0.3 is 6.09 Å². The summed E-state index contributed by atoms with van der Waals surface area (Å²) >= 11 is 0. The van der Waals surface area contributed by atoms with Gasteiger partial charge in [0.15, 0.2) is 0 Å². The number of amides is 1. The Morgan fingerprint density at radius 3 is 2.21 bits per heavy atom. The molecule has 1 amide bonds. The van der Waals surface area contributed by atoms with Crippen molar-refractivity contribution >= 4 is 6.09 Å². The lowest BCUT2D eigenvalue weighted by Crippen LogP contribution is -2.47. The molecular formula is C15H26N2O2. The first-order valence-corrected chi connectivity index (χ1v) is 7.64. The second-order valence-corrected chi connectivity index (χ2v) is 7.41. The van der Waals surface area contributed by atoms with Crippen LogP contribution in [0, 0.1) is 11.8 Å². The van der Waals surface area contributed by atoms with Crippen molar-refractivity contribution in [3.05, 3.63) is 0 Å². The van der Waals surface area contributed by atoms with Gasteiger partial charge in [-0.05, 0) is 51.9 Å². The highest BCUT2D eigenvalue weighted by molar-refractivity contribution is 5.68. The van der Waals surface area contributed by atoms with Gasteiger partial charge in [0.1, 0.15) is 5.60 Å². The summed E-state index contributed by atoms with van der Waals surface area (Å²) in [6.45, 7) is 10.1. The van der Waals surface area contributed by atoms with Crippen molar-refractivity contribution in [1.29, 1.82) is 0 Å². The van der Waals surface area contributed by atoms with Crippen LogP contribution in [0.1, 0.15) is 40.0 Å². The fraction of sp³-hybridized carbons (Fsp3) is 0.933. The zero-order valence-electron chi connectivity index (χ0n) is 12.4. The monoisotopic (exact) mass is 266 g/mol. The molecule has 0 aromatic rings. The van der Waals surface area contributed by atoms with Crippen molar-refractivity contribution in [3.63, 3.8) is 0 Å². The molecule has 2 atom stereocenters. The third-order valence-electron chi connectivity index (χ3n) is 4.64. The number of piperidine rings is 2. The molecule has 108 valence electrons. The summed E-state index contributed by atoms with van der Waals surface area (Å²) in [5.41, 5.74) is -0.385. The molecule has 19 heavy (non-hydrogen) atoms. The molecule has 2 aliphatic heterocycles. The summed E-state index contributed by atoms with van der Waals surface area (Å²) in [7, 11) is 0. The first-order chi connectivity index (χ1) is 8.92. The van der Waals surface area contributed by atoms with E-state index in [1.807, 2.05) is 25.7 Å². The van der Waals surface area contributed by atoms with E-state index in [2.05, 4.69) is 4.90 Å². The van der Waals surface area contributed by atoms with Gasteiger partial charge in [0.25, 0.3) is 0 Å². The van der Waals surface area contributed by atoms with Gasteiger partial charge in [-0.2, -0.15) is 0 Å². The van der Waals surface area contributed by atoms with Crippen molar-refractivity contribution in [3.8, 4) is 0 Å². The van der Waals surface area contributed by atoms with E-state index in [9.17, 15) is 4.79 Å². The highest BCUT2D eigenvalue weighted by atomic mass is 16.6. The van der Waals surface area contributed by atoms with Gasteiger partial charge in [-0.25, -0.2) is 4.79 Å². The zero-order chi connectivity index (χ0) is 13.6. The predicted octanol–water partition coefficient (Wildman–Crippen LogP) is 2.34. The second-order valence-electron chi connectivity index (χ2n) is 7.41. The van der Waals surface area contributed by atoms with Crippen molar-refractivity contribution in [2.24, 2.45) is 11.8 Å². The molecule has 0 N–H and O–H groups in total. The highest BCUT2D eigenvalue weighted by Gasteiger charge is 2.47. The van der Waals surface area contributed by atoms with Crippen molar-refractivity contribution in [2.45, 2.75) is 51.7 Å². The molecule has 0 spiro atoms. The van der Waals surface area contributed by atoms with Crippen LogP contribution in [0.3, 0.4) is 0 Å². The number of carbonyl (C=O) groups excluding carboxylic acids is 1. The minimum Gasteiger partial charge on any atom is -0.444 e. The number of carbonyl (C=O) groups is 1. The first-order valence-electron chi connectivity index (χ1n) is 7.64. The van der Waals surface area contributed by atoms with Crippen molar-refractivity contribution in [1.82, 2.24) is 9.80 Å². The smallest absolute Gasteiger partial charge is 0.410 e. The van der Waals surface area contributed by atoms with Crippen LogP contribution in [-0.2, 0) is 4.74 Å². The molecule has 1 aliphatic carbocycles. The third kappa shape index (κ3) is 3.04. The van der Waals surface area contributed by atoms with E-state index in [0.717, 1.165) is 37.8 Å². The number of hydrogen-bond acceptors (Lipinski definition) is 3. The predicted molar refractivity (Wildman–Crippen MR) is 74.0 cm³/mol. The van der Waals surface area contributed by atoms with E-state index in [1.54, 1.807) is 0 Å². The molecule has 3 fully saturated rings. The Labute approximate surface area is 116 Å². The van der Waals surface area contributed by atoms with Gasteiger partial charge in [-0.15, -0.1) is 0 Å². The summed E-state index contributed by atoms with van der Waals surface area (Å²) in [6, 6.07) is 0.700. The van der Waals surface area contributed by atoms with Crippen LogP contribution >= 0.6 is 0 Å². The van der Waals surface area contributed by atoms with Crippen LogP contribution < -0.4 is 0 Å². The van der Waals surface area contributed by atoms with Crippen LogP contribution in [0.15, 0.2) is 0 Å². The van der Waals surface area contributed by atoms with Gasteiger partial charge in [-0.3, -0.25) is 4.90 Å². The van der Waals surface area contributed by atoms with Gasteiger partial charge in [0, 0.05) is 32.2 Å². The van der Waals surface area contributed by atoms with Gasteiger partial charge in [-0.1, -0.05) is 0 Å². The molecule has 0 aromatic carbocycles. The largest absolute Gasteiger partial charge is 0.444 e. The fourth-order valence-electron chi connectivity index (χ4n) is 3.47. The number of fused-ring (bicyclic) bond motifs is 1.